The quantitative estimate of drug-likeness (QED) is 0.287. The van der Waals surface area contributed by atoms with Crippen LogP contribution in [-0.4, -0.2) is 48.3 Å². The average molecular weight is 647 g/mol. The zero-order valence-electron chi connectivity index (χ0n) is 25.7. The number of anilines is 1. The summed E-state index contributed by atoms with van der Waals surface area (Å²) in [7, 11) is 0.208. The van der Waals surface area contributed by atoms with E-state index in [1.807, 2.05) is 13.8 Å². The molecule has 4 bridgehead atoms. The number of rotatable bonds is 4. The van der Waals surface area contributed by atoms with Gasteiger partial charge in [-0.2, -0.15) is 0 Å². The van der Waals surface area contributed by atoms with Crippen LogP contribution < -0.4 is 14.4 Å². The number of hydrogen-bond donors (Lipinski definition) is 1. The van der Waals surface area contributed by atoms with Gasteiger partial charge in [-0.3, -0.25) is 9.52 Å². The number of carbonyl (C=O) groups excluding carboxylic acids is 1. The molecule has 0 spiro atoms. The van der Waals surface area contributed by atoms with Gasteiger partial charge in [0, 0.05) is 31.7 Å². The third kappa shape index (κ3) is 5.69. The van der Waals surface area contributed by atoms with Crippen LogP contribution >= 0.6 is 11.6 Å². The van der Waals surface area contributed by atoms with Gasteiger partial charge in [0.05, 0.1) is 23.6 Å². The minimum absolute atomic E-state index is 0.0195. The first-order valence-electron chi connectivity index (χ1n) is 15.7. The lowest BCUT2D eigenvalue weighted by Crippen LogP contribution is -2.47. The summed E-state index contributed by atoms with van der Waals surface area (Å²) in [5.74, 6) is -0.543. The Balaban J connectivity index is 1.41. The lowest BCUT2D eigenvalue weighted by Gasteiger charge is -2.47. The second kappa shape index (κ2) is 12.7. The topological polar surface area (TPSA) is 67.9 Å². The largest absolute Gasteiger partial charge is 0.491 e. The number of ether oxygens (including phenoxy) is 2. The highest BCUT2D eigenvalue weighted by molar-refractivity contribution is 7.84. The number of hydrogen-bond acceptors (Lipinski definition) is 5. The van der Waals surface area contributed by atoms with Crippen molar-refractivity contribution in [1.29, 1.82) is 0 Å². The van der Waals surface area contributed by atoms with Crippen LogP contribution in [0.5, 0.6) is 5.75 Å². The Hall–Kier alpha value is -2.49. The molecule has 5 aliphatic rings. The van der Waals surface area contributed by atoms with Crippen LogP contribution in [0, 0.1) is 35.3 Å². The molecule has 8 atom stereocenters. The Morgan fingerprint density at radius 3 is 2.64 bits per heavy atom. The normalized spacial score (nSPS) is 31.8. The first-order chi connectivity index (χ1) is 21.1. The van der Waals surface area contributed by atoms with Gasteiger partial charge in [-0.05, 0) is 97.2 Å². The molecule has 1 amide bonds. The highest BCUT2D eigenvalue weighted by atomic mass is 35.5. The second-order valence-electron chi connectivity index (χ2n) is 13.0. The molecule has 1 N–H and O–H groups in total. The first-order valence-corrected chi connectivity index (χ1v) is 17.3. The van der Waals surface area contributed by atoms with Gasteiger partial charge in [0.2, 0.25) is 0 Å². The predicted octanol–water partition coefficient (Wildman–Crippen LogP) is 6.97. The molecule has 7 rings (SSSR count). The van der Waals surface area contributed by atoms with Crippen LogP contribution in [0.25, 0.3) is 0 Å². The van der Waals surface area contributed by atoms with E-state index in [0.717, 1.165) is 24.9 Å². The molecule has 1 saturated carbocycles. The zero-order valence-corrected chi connectivity index (χ0v) is 27.3. The fraction of sp³-hybridized carbons (Fsp3) is 0.559. The molecule has 10 heteroatoms. The smallest absolute Gasteiger partial charge is 0.263 e. The van der Waals surface area contributed by atoms with E-state index in [9.17, 15) is 13.4 Å². The summed E-state index contributed by atoms with van der Waals surface area (Å²) in [5, 5.41) is -0.710. The number of amides is 1. The molecular weight excluding hydrogens is 606 g/mol. The molecule has 44 heavy (non-hydrogen) atoms. The van der Waals surface area contributed by atoms with Gasteiger partial charge >= 0.3 is 0 Å². The maximum absolute atomic E-state index is 15.3. The Kier molecular flexibility index (Phi) is 9.10. The van der Waals surface area contributed by atoms with Gasteiger partial charge in [0.25, 0.3) is 5.91 Å². The minimum Gasteiger partial charge on any atom is -0.491 e. The summed E-state index contributed by atoms with van der Waals surface area (Å²) >= 11 is 6.01. The number of fused-ring (bicyclic) bond motifs is 4. The lowest BCUT2D eigenvalue weighted by molar-refractivity contribution is -0.000236. The molecule has 6 nitrogen and oxygen atoms in total. The number of halogens is 3. The molecule has 0 saturated heterocycles. The van der Waals surface area contributed by atoms with Crippen molar-refractivity contribution < 1.29 is 27.3 Å². The van der Waals surface area contributed by atoms with E-state index in [1.54, 1.807) is 25.3 Å². The van der Waals surface area contributed by atoms with Crippen LogP contribution in [0.1, 0.15) is 73.9 Å². The van der Waals surface area contributed by atoms with Crippen molar-refractivity contribution in [2.24, 2.45) is 23.7 Å². The third-order valence-corrected chi connectivity index (χ3v) is 12.3. The Bertz CT molecular complexity index is 1500. The van der Waals surface area contributed by atoms with E-state index in [-0.39, 0.29) is 35.7 Å². The van der Waals surface area contributed by atoms with Crippen molar-refractivity contribution >= 4 is 34.2 Å². The monoisotopic (exact) mass is 646 g/mol. The van der Waals surface area contributed by atoms with Crippen molar-refractivity contribution in [2.45, 2.75) is 70.1 Å². The van der Waals surface area contributed by atoms with E-state index in [4.69, 9.17) is 21.1 Å². The van der Waals surface area contributed by atoms with Gasteiger partial charge in [-0.25, -0.2) is 13.0 Å². The van der Waals surface area contributed by atoms with Crippen molar-refractivity contribution in [3.8, 4) is 5.75 Å². The van der Waals surface area contributed by atoms with Crippen LogP contribution in [0.2, 0.25) is 5.02 Å². The molecule has 0 radical (unpaired) electrons. The molecule has 0 aromatic heterocycles. The van der Waals surface area contributed by atoms with E-state index in [1.165, 1.54) is 11.6 Å². The standard InChI is InChI=1S/C34H41ClF2N2O4S/c1-5-6-26-27(14-28(36)31(35)32(26)37)24-16-39-15-21-7-9-25(21)33(42-4)23-11-22(12-23)18(2)19(3)44(41)38-34(40)20-8-10-30(43-17-24)29(39)13-20/h8,10-11,13-14,18-19,21-22,24-25,33H,5-7,9,12,15-17H2,1-4H3,(H,38,40)/t18?,19?,21-,22?,24?,25?,33?,44?/m0/s1. The molecule has 1 fully saturated rings. The molecule has 3 heterocycles. The number of allylic oxidation sites excluding steroid dienone is 1. The van der Waals surface area contributed by atoms with Crippen molar-refractivity contribution in [3.63, 3.8) is 0 Å². The number of carbonyl (C=O) groups is 1. The van der Waals surface area contributed by atoms with Crippen molar-refractivity contribution in [2.75, 3.05) is 31.7 Å². The van der Waals surface area contributed by atoms with Crippen LogP contribution in [0.4, 0.5) is 14.5 Å². The molecule has 2 aromatic carbocycles. The summed E-state index contributed by atoms with van der Waals surface area (Å²) in [5.41, 5.74) is 3.41. The average Bonchev–Trinajstić information content (AvgIpc) is 3.16. The summed E-state index contributed by atoms with van der Waals surface area (Å²) in [6.07, 6.45) is 6.40. The number of methoxy groups -OCH3 is 1. The van der Waals surface area contributed by atoms with E-state index < -0.39 is 33.5 Å². The molecule has 3 aliphatic heterocycles. The number of nitrogens with one attached hydrogen (secondary N) is 1. The summed E-state index contributed by atoms with van der Waals surface area (Å²) in [6, 6.07) is 6.60. The third-order valence-electron chi connectivity index (χ3n) is 10.5. The fourth-order valence-corrected chi connectivity index (χ4v) is 8.72. The van der Waals surface area contributed by atoms with Crippen LogP contribution in [-0.2, 0) is 22.1 Å². The van der Waals surface area contributed by atoms with Gasteiger partial charge in [0.15, 0.2) is 0 Å². The Labute approximate surface area is 266 Å². The maximum atomic E-state index is 15.3. The first kappa shape index (κ1) is 31.5. The SMILES string of the molecule is CCCc1c(C2COc3ccc4cc3N(C2)C[C@@H]2CCC2C(OC)C2=CC(C2)C(C)C(C)S(=O)NC4=O)cc(F)c(Cl)c1F. The highest BCUT2D eigenvalue weighted by Gasteiger charge is 2.44. The van der Waals surface area contributed by atoms with E-state index in [2.05, 4.69) is 22.6 Å². The summed E-state index contributed by atoms with van der Waals surface area (Å²) in [4.78, 5) is 15.6. The van der Waals surface area contributed by atoms with Crippen LogP contribution in [0.15, 0.2) is 35.9 Å². The fourth-order valence-electron chi connectivity index (χ4n) is 7.47. The molecule has 2 aromatic rings. The molecule has 238 valence electrons. The van der Waals surface area contributed by atoms with E-state index in [0.29, 0.717) is 60.2 Å². The molecule has 2 aliphatic carbocycles. The van der Waals surface area contributed by atoms with Gasteiger partial charge in [-0.15, -0.1) is 0 Å². The lowest BCUT2D eigenvalue weighted by atomic mass is 9.64. The number of benzene rings is 2. The van der Waals surface area contributed by atoms with Crippen LogP contribution in [0.3, 0.4) is 0 Å². The molecular formula is C34H41ClF2N2O4S. The predicted molar refractivity (Wildman–Crippen MR) is 170 cm³/mol. The van der Waals surface area contributed by atoms with Gasteiger partial charge in [0.1, 0.15) is 33.4 Å². The highest BCUT2D eigenvalue weighted by Crippen LogP contribution is 2.48. The van der Waals surface area contributed by atoms with Crippen molar-refractivity contribution in [3.05, 3.63) is 69.3 Å². The molecule has 7 unspecified atom stereocenters. The van der Waals surface area contributed by atoms with Crippen molar-refractivity contribution in [1.82, 2.24) is 4.72 Å². The second-order valence-corrected chi connectivity index (χ2v) is 14.9. The summed E-state index contributed by atoms with van der Waals surface area (Å²) < 4.78 is 58.6. The number of nitrogens with zero attached hydrogens (tertiary/aromatic N) is 1. The Morgan fingerprint density at radius 1 is 1.18 bits per heavy atom. The zero-order chi connectivity index (χ0) is 31.3. The summed E-state index contributed by atoms with van der Waals surface area (Å²) in [6.45, 7) is 7.32. The maximum Gasteiger partial charge on any atom is 0.263 e. The van der Waals surface area contributed by atoms with Gasteiger partial charge in [-0.1, -0.05) is 37.9 Å². The van der Waals surface area contributed by atoms with Gasteiger partial charge < -0.3 is 14.4 Å². The minimum atomic E-state index is -1.57. The van der Waals surface area contributed by atoms with E-state index >= 15 is 4.39 Å². The Morgan fingerprint density at radius 2 is 1.95 bits per heavy atom.